The third-order valence-electron chi connectivity index (χ3n) is 6.85. The van der Waals surface area contributed by atoms with E-state index < -0.39 is 27.1 Å². The Bertz CT molecular complexity index is 1410. The van der Waals surface area contributed by atoms with Gasteiger partial charge in [0.2, 0.25) is 10.0 Å². The zero-order valence-electron chi connectivity index (χ0n) is 19.0. The summed E-state index contributed by atoms with van der Waals surface area (Å²) in [6.45, 7) is 0.724. The van der Waals surface area contributed by atoms with Crippen molar-refractivity contribution in [2.45, 2.75) is 74.5 Å². The Labute approximate surface area is 201 Å². The SMILES string of the molecule is CC(NS(=O)(=O)c1cnc(-c2c(C#N)c3ccc(C4CC4)cc3n2C2CCCC2)nc1)C(F)(F)F. The standard InChI is InChI=1S/C24H24F3N5O2S/c1-14(24(25,26)27)31-35(33,34)18-12-29-23(30-13-18)22-20(11-28)19-9-8-16(15-6-7-15)10-21(19)32(22)17-4-2-3-5-17/h8-10,12-15,17,31H,2-7H2,1H3. The summed E-state index contributed by atoms with van der Waals surface area (Å²) >= 11 is 0. The fourth-order valence-electron chi connectivity index (χ4n) is 4.82. The molecule has 2 aliphatic rings. The molecule has 1 unspecified atom stereocenters. The molecule has 2 heterocycles. The zero-order chi connectivity index (χ0) is 25.0. The minimum Gasteiger partial charge on any atom is -0.334 e. The summed E-state index contributed by atoms with van der Waals surface area (Å²) in [6.07, 6.45) is 3.56. The van der Waals surface area contributed by atoms with Gasteiger partial charge in [-0.25, -0.2) is 18.4 Å². The van der Waals surface area contributed by atoms with Gasteiger partial charge in [-0.05, 0) is 50.2 Å². The molecule has 2 aliphatic carbocycles. The van der Waals surface area contributed by atoms with E-state index in [9.17, 15) is 26.9 Å². The quantitative estimate of drug-likeness (QED) is 0.499. The smallest absolute Gasteiger partial charge is 0.334 e. The van der Waals surface area contributed by atoms with E-state index >= 15 is 0 Å². The van der Waals surface area contributed by atoms with E-state index in [0.29, 0.717) is 17.2 Å². The van der Waals surface area contributed by atoms with Gasteiger partial charge in [0.1, 0.15) is 22.7 Å². The van der Waals surface area contributed by atoms with Crippen LogP contribution in [0.2, 0.25) is 0 Å². The molecule has 1 N–H and O–H groups in total. The second-order valence-corrected chi connectivity index (χ2v) is 11.0. The number of benzene rings is 1. The molecule has 3 aromatic rings. The molecule has 184 valence electrons. The summed E-state index contributed by atoms with van der Waals surface area (Å²) in [5.74, 6) is 0.702. The average Bonchev–Trinajstić information content (AvgIpc) is 3.42. The average molecular weight is 504 g/mol. The van der Waals surface area contributed by atoms with Crippen LogP contribution < -0.4 is 4.72 Å². The zero-order valence-corrected chi connectivity index (χ0v) is 19.8. The number of rotatable bonds is 6. The Kier molecular flexibility index (Phi) is 5.84. The number of hydrogen-bond donors (Lipinski definition) is 1. The van der Waals surface area contributed by atoms with Crippen molar-refractivity contribution < 1.29 is 21.6 Å². The number of fused-ring (bicyclic) bond motifs is 1. The van der Waals surface area contributed by atoms with Crippen LogP contribution in [0.5, 0.6) is 0 Å². The van der Waals surface area contributed by atoms with Gasteiger partial charge in [0.05, 0.1) is 23.5 Å². The van der Waals surface area contributed by atoms with Crippen LogP contribution in [0.3, 0.4) is 0 Å². The Hall–Kier alpha value is -2.97. The van der Waals surface area contributed by atoms with Gasteiger partial charge in [-0.2, -0.15) is 23.2 Å². The van der Waals surface area contributed by atoms with E-state index in [2.05, 4.69) is 26.7 Å². The molecule has 7 nitrogen and oxygen atoms in total. The molecule has 0 spiro atoms. The Morgan fingerprint density at radius 2 is 1.80 bits per heavy atom. The molecule has 35 heavy (non-hydrogen) atoms. The summed E-state index contributed by atoms with van der Waals surface area (Å²) < 4.78 is 67.1. The first-order chi connectivity index (χ1) is 16.6. The van der Waals surface area contributed by atoms with Crippen molar-refractivity contribution in [2.75, 3.05) is 0 Å². The van der Waals surface area contributed by atoms with Crippen LogP contribution in [0.1, 0.15) is 68.5 Å². The number of nitrogens with zero attached hydrogens (tertiary/aromatic N) is 4. The lowest BCUT2D eigenvalue weighted by molar-refractivity contribution is -0.147. The van der Waals surface area contributed by atoms with Crippen molar-refractivity contribution in [3.63, 3.8) is 0 Å². The highest BCUT2D eigenvalue weighted by molar-refractivity contribution is 7.89. The number of aromatic nitrogens is 3. The lowest BCUT2D eigenvalue weighted by atomic mass is 10.1. The van der Waals surface area contributed by atoms with E-state index in [0.717, 1.165) is 68.7 Å². The van der Waals surface area contributed by atoms with Crippen LogP contribution in [0, 0.1) is 11.3 Å². The predicted molar refractivity (Wildman–Crippen MR) is 123 cm³/mol. The van der Waals surface area contributed by atoms with Crippen molar-refractivity contribution in [1.82, 2.24) is 19.3 Å². The highest BCUT2D eigenvalue weighted by Gasteiger charge is 2.39. The molecule has 5 rings (SSSR count). The molecule has 0 aliphatic heterocycles. The van der Waals surface area contributed by atoms with Crippen molar-refractivity contribution >= 4 is 20.9 Å². The molecule has 2 saturated carbocycles. The summed E-state index contributed by atoms with van der Waals surface area (Å²) in [5.41, 5.74) is 3.10. The van der Waals surface area contributed by atoms with Gasteiger partial charge in [0.15, 0.2) is 5.82 Å². The molecule has 0 radical (unpaired) electrons. The molecule has 0 saturated heterocycles. The molecule has 1 aromatic carbocycles. The van der Waals surface area contributed by atoms with Crippen LogP contribution in [0.4, 0.5) is 13.2 Å². The first kappa shape index (κ1) is 23.8. The van der Waals surface area contributed by atoms with E-state index in [1.807, 2.05) is 12.1 Å². The highest BCUT2D eigenvalue weighted by Crippen LogP contribution is 2.44. The third-order valence-corrected chi connectivity index (χ3v) is 8.35. The van der Waals surface area contributed by atoms with E-state index in [1.54, 1.807) is 4.72 Å². The molecule has 1 atom stereocenters. The molecule has 0 bridgehead atoms. The molecule has 2 fully saturated rings. The number of hydrogen-bond acceptors (Lipinski definition) is 5. The normalized spacial score (nSPS) is 18.1. The van der Waals surface area contributed by atoms with Gasteiger partial charge in [-0.15, -0.1) is 0 Å². The number of sulfonamides is 1. The van der Waals surface area contributed by atoms with Crippen molar-refractivity contribution in [3.05, 3.63) is 41.7 Å². The maximum absolute atomic E-state index is 12.8. The highest BCUT2D eigenvalue weighted by atomic mass is 32.2. The second-order valence-electron chi connectivity index (χ2n) is 9.32. The Morgan fingerprint density at radius 3 is 2.37 bits per heavy atom. The van der Waals surface area contributed by atoms with Crippen LogP contribution >= 0.6 is 0 Å². The maximum Gasteiger partial charge on any atom is 0.404 e. The minimum atomic E-state index is -4.73. The summed E-state index contributed by atoms with van der Waals surface area (Å²) in [7, 11) is -4.48. The monoisotopic (exact) mass is 503 g/mol. The fraction of sp³-hybridized carbons (Fsp3) is 0.458. The Balaban J connectivity index is 1.60. The number of nitrogens with one attached hydrogen (secondary N) is 1. The van der Waals surface area contributed by atoms with Gasteiger partial charge in [0.25, 0.3) is 0 Å². The van der Waals surface area contributed by atoms with Gasteiger partial charge in [-0.3, -0.25) is 0 Å². The Morgan fingerprint density at radius 1 is 1.14 bits per heavy atom. The van der Waals surface area contributed by atoms with Crippen molar-refractivity contribution in [3.8, 4) is 17.6 Å². The molecule has 11 heteroatoms. The summed E-state index contributed by atoms with van der Waals surface area (Å²) in [4.78, 5) is 7.94. The van der Waals surface area contributed by atoms with Gasteiger partial charge in [0, 0.05) is 11.4 Å². The minimum absolute atomic E-state index is 0.158. The topological polar surface area (TPSA) is 101 Å². The molecule has 2 aromatic heterocycles. The fourth-order valence-corrected chi connectivity index (χ4v) is 5.94. The molecular weight excluding hydrogens is 479 g/mol. The number of halogens is 3. The van der Waals surface area contributed by atoms with Crippen LogP contribution in [-0.2, 0) is 10.0 Å². The lowest BCUT2D eigenvalue weighted by Crippen LogP contribution is -2.43. The summed E-state index contributed by atoms with van der Waals surface area (Å²) in [5, 5.41) is 10.8. The van der Waals surface area contributed by atoms with E-state index in [4.69, 9.17) is 0 Å². The van der Waals surface area contributed by atoms with E-state index in [1.165, 1.54) is 5.56 Å². The van der Waals surface area contributed by atoms with Crippen LogP contribution in [0.25, 0.3) is 22.4 Å². The largest absolute Gasteiger partial charge is 0.404 e. The van der Waals surface area contributed by atoms with Crippen molar-refractivity contribution in [2.24, 2.45) is 0 Å². The lowest BCUT2D eigenvalue weighted by Gasteiger charge is -2.18. The van der Waals surface area contributed by atoms with Crippen molar-refractivity contribution in [1.29, 1.82) is 5.26 Å². The molecular formula is C24H24F3N5O2S. The first-order valence-electron chi connectivity index (χ1n) is 11.6. The second kappa shape index (κ2) is 8.60. The third kappa shape index (κ3) is 4.41. The predicted octanol–water partition coefficient (Wildman–Crippen LogP) is 5.19. The van der Waals surface area contributed by atoms with Gasteiger partial charge >= 0.3 is 6.18 Å². The first-order valence-corrected chi connectivity index (χ1v) is 13.1. The summed E-state index contributed by atoms with van der Waals surface area (Å²) in [6, 6.07) is 6.31. The molecule has 0 amide bonds. The van der Waals surface area contributed by atoms with Gasteiger partial charge in [-0.1, -0.05) is 25.0 Å². The van der Waals surface area contributed by atoms with Crippen LogP contribution in [-0.4, -0.2) is 35.2 Å². The number of alkyl halides is 3. The van der Waals surface area contributed by atoms with E-state index in [-0.39, 0.29) is 11.9 Å². The maximum atomic E-state index is 12.8. The van der Waals surface area contributed by atoms with Gasteiger partial charge < -0.3 is 4.57 Å². The van der Waals surface area contributed by atoms with Crippen LogP contribution in [0.15, 0.2) is 35.5 Å². The number of nitriles is 1.